The highest BCUT2D eigenvalue weighted by atomic mass is 14.8. The molecule has 12 heavy (non-hydrogen) atoms. The Hall–Kier alpha value is -1.02. The Morgan fingerprint density at radius 3 is 2.33 bits per heavy atom. The molecule has 0 spiro atoms. The van der Waals surface area contributed by atoms with Crippen LogP contribution in [0.15, 0.2) is 0 Å². The summed E-state index contributed by atoms with van der Waals surface area (Å²) in [6.45, 7) is 14.1. The minimum absolute atomic E-state index is 0.0113. The third kappa shape index (κ3) is 2.24. The molecule has 0 aromatic rings. The van der Waals surface area contributed by atoms with E-state index in [2.05, 4.69) is 9.69 Å². The fourth-order valence-electron chi connectivity index (χ4n) is 1.91. The van der Waals surface area contributed by atoms with Gasteiger partial charge in [0, 0.05) is 5.92 Å². The Labute approximate surface area is 74.2 Å². The average Bonchev–Trinajstić information content (AvgIpc) is 2.15. The molecule has 0 amide bonds. The third-order valence-corrected chi connectivity index (χ3v) is 2.64. The lowest BCUT2D eigenvalue weighted by molar-refractivity contribution is 0.335. The molecule has 2 heteroatoms. The lowest BCUT2D eigenvalue weighted by Crippen LogP contribution is -2.22. The van der Waals surface area contributed by atoms with Crippen molar-refractivity contribution in [1.82, 2.24) is 0 Å². The van der Waals surface area contributed by atoms with E-state index in [1.807, 2.05) is 0 Å². The Bertz CT molecular complexity index is 203. The van der Waals surface area contributed by atoms with Crippen molar-refractivity contribution < 1.29 is 0 Å². The molecule has 0 bridgehead atoms. The Morgan fingerprint density at radius 1 is 1.17 bits per heavy atom. The van der Waals surface area contributed by atoms with Gasteiger partial charge in [0.05, 0.1) is 0 Å². The van der Waals surface area contributed by atoms with E-state index >= 15 is 0 Å². The van der Waals surface area contributed by atoms with E-state index in [1.54, 1.807) is 0 Å². The lowest BCUT2D eigenvalue weighted by Gasteiger charge is -2.19. The van der Waals surface area contributed by atoms with Gasteiger partial charge in [-0.15, -0.1) is 0 Å². The standard InChI is InChI=1S/C10H14N2/c1-11-8-10(12-2)9-6-4-3-5-7-9/h9-10H,3-8H2. The number of nitrogens with zero attached hydrogens (tertiary/aromatic N) is 2. The van der Waals surface area contributed by atoms with Crippen molar-refractivity contribution in [3.05, 3.63) is 22.8 Å². The summed E-state index contributed by atoms with van der Waals surface area (Å²) in [5, 5.41) is 0. The monoisotopic (exact) mass is 162 g/mol. The minimum atomic E-state index is -0.0113. The molecule has 1 aliphatic carbocycles. The first-order chi connectivity index (χ1) is 5.88. The van der Waals surface area contributed by atoms with Gasteiger partial charge in [0.1, 0.15) is 0 Å². The van der Waals surface area contributed by atoms with Gasteiger partial charge in [-0.05, 0) is 12.8 Å². The molecule has 0 N–H and O–H groups in total. The zero-order chi connectivity index (χ0) is 8.81. The molecule has 0 aliphatic heterocycles. The molecule has 0 radical (unpaired) electrons. The van der Waals surface area contributed by atoms with Crippen LogP contribution >= 0.6 is 0 Å². The van der Waals surface area contributed by atoms with Crippen molar-refractivity contribution in [2.45, 2.75) is 38.1 Å². The van der Waals surface area contributed by atoms with Crippen molar-refractivity contribution in [3.63, 3.8) is 0 Å². The summed E-state index contributed by atoms with van der Waals surface area (Å²) in [6.07, 6.45) is 6.17. The predicted molar refractivity (Wildman–Crippen MR) is 48.4 cm³/mol. The maximum atomic E-state index is 6.98. The van der Waals surface area contributed by atoms with Gasteiger partial charge in [-0.2, -0.15) is 0 Å². The maximum Gasteiger partial charge on any atom is 0.296 e. The van der Waals surface area contributed by atoms with E-state index in [0.29, 0.717) is 12.5 Å². The molecule has 0 aromatic heterocycles. The van der Waals surface area contributed by atoms with Gasteiger partial charge >= 0.3 is 0 Å². The first kappa shape index (κ1) is 9.07. The van der Waals surface area contributed by atoms with Crippen LogP contribution in [0.1, 0.15) is 32.1 Å². The fraction of sp³-hybridized carbons (Fsp3) is 0.800. The van der Waals surface area contributed by atoms with Gasteiger partial charge in [-0.1, -0.05) is 19.3 Å². The molecular formula is C10H14N2. The van der Waals surface area contributed by atoms with E-state index < -0.39 is 0 Å². The Kier molecular flexibility index (Phi) is 3.61. The van der Waals surface area contributed by atoms with Crippen LogP contribution in [0, 0.1) is 19.1 Å². The molecule has 1 saturated carbocycles. The SMILES string of the molecule is [C-]#[N+]CC([N+]#[C-])C1CCCCC1. The molecule has 1 rings (SSSR count). The summed E-state index contributed by atoms with van der Waals surface area (Å²) in [7, 11) is 0. The van der Waals surface area contributed by atoms with E-state index in [0.717, 1.165) is 0 Å². The van der Waals surface area contributed by atoms with Crippen molar-refractivity contribution in [3.8, 4) is 0 Å². The van der Waals surface area contributed by atoms with Crippen molar-refractivity contribution >= 4 is 0 Å². The van der Waals surface area contributed by atoms with E-state index in [9.17, 15) is 0 Å². The van der Waals surface area contributed by atoms with Crippen molar-refractivity contribution in [2.75, 3.05) is 6.54 Å². The third-order valence-electron chi connectivity index (χ3n) is 2.64. The number of hydrogen-bond acceptors (Lipinski definition) is 0. The molecule has 0 aromatic carbocycles. The van der Waals surface area contributed by atoms with Gasteiger partial charge in [0.2, 0.25) is 0 Å². The average molecular weight is 162 g/mol. The second kappa shape index (κ2) is 4.78. The zero-order valence-corrected chi connectivity index (χ0v) is 7.29. The molecular weight excluding hydrogens is 148 g/mol. The Balaban J connectivity index is 2.43. The largest absolute Gasteiger partial charge is 0.308 e. The summed E-state index contributed by atoms with van der Waals surface area (Å²) in [5.74, 6) is 0.519. The lowest BCUT2D eigenvalue weighted by atomic mass is 9.84. The van der Waals surface area contributed by atoms with Gasteiger partial charge in [-0.3, -0.25) is 0 Å². The zero-order valence-electron chi connectivity index (χ0n) is 7.29. The van der Waals surface area contributed by atoms with Crippen molar-refractivity contribution in [2.24, 2.45) is 5.92 Å². The quantitative estimate of drug-likeness (QED) is 0.552. The second-order valence-corrected chi connectivity index (χ2v) is 3.44. The summed E-state index contributed by atoms with van der Waals surface area (Å²) in [5.41, 5.74) is 0. The summed E-state index contributed by atoms with van der Waals surface area (Å²) >= 11 is 0. The normalized spacial score (nSPS) is 20.8. The van der Waals surface area contributed by atoms with Crippen LogP contribution in [-0.2, 0) is 0 Å². The first-order valence-electron chi connectivity index (χ1n) is 4.58. The van der Waals surface area contributed by atoms with Crippen molar-refractivity contribution in [1.29, 1.82) is 0 Å². The molecule has 0 saturated heterocycles. The summed E-state index contributed by atoms with van der Waals surface area (Å²) in [4.78, 5) is 6.86. The Morgan fingerprint density at radius 2 is 1.83 bits per heavy atom. The van der Waals surface area contributed by atoms with E-state index in [-0.39, 0.29) is 6.04 Å². The molecule has 0 heterocycles. The second-order valence-electron chi connectivity index (χ2n) is 3.44. The first-order valence-corrected chi connectivity index (χ1v) is 4.58. The number of rotatable bonds is 2. The van der Waals surface area contributed by atoms with Gasteiger partial charge < -0.3 is 9.69 Å². The molecule has 2 nitrogen and oxygen atoms in total. The highest BCUT2D eigenvalue weighted by molar-refractivity contribution is 4.92. The minimum Gasteiger partial charge on any atom is -0.308 e. The van der Waals surface area contributed by atoms with E-state index in [1.165, 1.54) is 32.1 Å². The molecule has 1 aliphatic rings. The van der Waals surface area contributed by atoms with Gasteiger partial charge in [0.15, 0.2) is 0 Å². The molecule has 64 valence electrons. The highest BCUT2D eigenvalue weighted by Gasteiger charge is 2.29. The number of hydrogen-bond donors (Lipinski definition) is 0. The highest BCUT2D eigenvalue weighted by Crippen LogP contribution is 2.28. The maximum absolute atomic E-state index is 6.98. The fourth-order valence-corrected chi connectivity index (χ4v) is 1.91. The van der Waals surface area contributed by atoms with Crippen LogP contribution in [0.2, 0.25) is 0 Å². The summed E-state index contributed by atoms with van der Waals surface area (Å²) in [6, 6.07) is -0.0113. The molecule has 1 fully saturated rings. The predicted octanol–water partition coefficient (Wildman–Crippen LogP) is 2.77. The van der Waals surface area contributed by atoms with Gasteiger partial charge in [-0.25, -0.2) is 13.1 Å². The van der Waals surface area contributed by atoms with Gasteiger partial charge in [0.25, 0.3) is 12.6 Å². The smallest absolute Gasteiger partial charge is 0.296 e. The van der Waals surface area contributed by atoms with Crippen LogP contribution in [0.4, 0.5) is 0 Å². The van der Waals surface area contributed by atoms with Crippen LogP contribution in [0.5, 0.6) is 0 Å². The van der Waals surface area contributed by atoms with Crippen LogP contribution < -0.4 is 0 Å². The van der Waals surface area contributed by atoms with Crippen LogP contribution in [-0.4, -0.2) is 12.6 Å². The van der Waals surface area contributed by atoms with Crippen LogP contribution in [0.3, 0.4) is 0 Å². The van der Waals surface area contributed by atoms with Crippen LogP contribution in [0.25, 0.3) is 9.69 Å². The van der Waals surface area contributed by atoms with E-state index in [4.69, 9.17) is 13.1 Å². The molecule has 1 atom stereocenters. The molecule has 1 unspecified atom stereocenters. The summed E-state index contributed by atoms with van der Waals surface area (Å²) < 4.78 is 0. The topological polar surface area (TPSA) is 8.72 Å².